The number of amides is 1. The molecule has 0 radical (unpaired) electrons. The first-order valence-electron chi connectivity index (χ1n) is 16.7. The van der Waals surface area contributed by atoms with Gasteiger partial charge in [-0.15, -0.1) is 0 Å². The average molecular weight is 657 g/mol. The summed E-state index contributed by atoms with van der Waals surface area (Å²) in [5.74, 6) is 1.36. The van der Waals surface area contributed by atoms with Gasteiger partial charge in [0.2, 0.25) is 0 Å². The van der Waals surface area contributed by atoms with Gasteiger partial charge in [-0.2, -0.15) is 9.97 Å². The predicted molar refractivity (Wildman–Crippen MR) is 175 cm³/mol. The third-order valence-corrected chi connectivity index (χ3v) is 11.1. The van der Waals surface area contributed by atoms with E-state index < -0.39 is 5.60 Å². The summed E-state index contributed by atoms with van der Waals surface area (Å²) < 4.78 is 13.4. The second kappa shape index (κ2) is 12.0. The number of anilines is 1. The highest BCUT2D eigenvalue weighted by atomic mass is 79.9. The molecule has 1 spiro atoms. The van der Waals surface area contributed by atoms with Crippen LogP contribution in [0.15, 0.2) is 10.5 Å². The molecular weight excluding hydrogens is 606 g/mol. The maximum Gasteiger partial charge on any atom is 0.410 e. The molecule has 3 aliphatic heterocycles. The summed E-state index contributed by atoms with van der Waals surface area (Å²) in [6, 6.07) is 3.63. The summed E-state index contributed by atoms with van der Waals surface area (Å²) in [4.78, 5) is 29.9. The molecule has 2 aromatic rings. The molecule has 8 nitrogen and oxygen atoms in total. The smallest absolute Gasteiger partial charge is 0.410 e. The molecule has 1 aromatic heterocycles. The molecule has 236 valence electrons. The standard InChI is InChI=1S/C34H50BrN5O3/c1-7-22(3)27-28(35)23(8-2)19-26-29(27)36-31(42-25-11-15-38(16-12-25)24-9-10-24)37-30(26)39-17-13-34(14-18-39)20-40(21-34)32(41)43-33(4,5)6/h19,22,24-25H,7-18,20-21H2,1-6H3. The lowest BCUT2D eigenvalue weighted by molar-refractivity contribution is -0.0434. The fourth-order valence-electron chi connectivity index (χ4n) is 7.17. The maximum atomic E-state index is 12.6. The van der Waals surface area contributed by atoms with Crippen LogP contribution in [0.4, 0.5) is 10.6 Å². The van der Waals surface area contributed by atoms with Crippen LogP contribution in [0.3, 0.4) is 0 Å². The van der Waals surface area contributed by atoms with Crippen molar-refractivity contribution < 1.29 is 14.3 Å². The number of hydrogen-bond donors (Lipinski definition) is 0. The van der Waals surface area contributed by atoms with E-state index in [1.165, 1.54) is 28.4 Å². The van der Waals surface area contributed by atoms with Crippen molar-refractivity contribution >= 4 is 38.7 Å². The van der Waals surface area contributed by atoms with Crippen molar-refractivity contribution in [3.05, 3.63) is 21.7 Å². The van der Waals surface area contributed by atoms with E-state index in [1.54, 1.807) is 0 Å². The number of hydrogen-bond acceptors (Lipinski definition) is 7. The van der Waals surface area contributed by atoms with Gasteiger partial charge in [-0.05, 0) is 95.2 Å². The van der Waals surface area contributed by atoms with E-state index in [2.05, 4.69) is 52.6 Å². The van der Waals surface area contributed by atoms with Gasteiger partial charge in [-0.25, -0.2) is 4.79 Å². The highest BCUT2D eigenvalue weighted by Gasteiger charge is 2.48. The molecule has 0 N–H and O–H groups in total. The molecule has 1 aliphatic carbocycles. The van der Waals surface area contributed by atoms with E-state index in [9.17, 15) is 4.79 Å². The van der Waals surface area contributed by atoms with Gasteiger partial charge in [0.1, 0.15) is 17.5 Å². The highest BCUT2D eigenvalue weighted by Crippen LogP contribution is 2.44. The summed E-state index contributed by atoms with van der Waals surface area (Å²) >= 11 is 3.98. The minimum absolute atomic E-state index is 0.157. The zero-order valence-corrected chi connectivity index (χ0v) is 28.6. The van der Waals surface area contributed by atoms with Crippen molar-refractivity contribution in [1.82, 2.24) is 19.8 Å². The Balaban J connectivity index is 1.26. The third kappa shape index (κ3) is 6.49. The lowest BCUT2D eigenvalue weighted by Gasteiger charge is -2.53. The quantitative estimate of drug-likeness (QED) is 0.310. The molecule has 1 aromatic carbocycles. The first-order chi connectivity index (χ1) is 20.5. The Bertz CT molecular complexity index is 1330. The summed E-state index contributed by atoms with van der Waals surface area (Å²) in [5, 5.41) is 1.13. The topological polar surface area (TPSA) is 71.0 Å². The molecular formula is C34H50BrN5O3. The number of ether oxygens (including phenoxy) is 2. The second-order valence-electron chi connectivity index (χ2n) is 14.6. The SMILES string of the molecule is CCc1cc2c(N3CCC4(CC3)CN(C(=O)OC(C)(C)C)C4)nc(OC3CCN(C4CC4)CC3)nc2c(C(C)CC)c1Br. The molecule has 9 heteroatoms. The van der Waals surface area contributed by atoms with Crippen molar-refractivity contribution in [2.24, 2.45) is 5.41 Å². The minimum atomic E-state index is -0.467. The fraction of sp³-hybridized carbons (Fsp3) is 0.735. The number of benzene rings is 1. The van der Waals surface area contributed by atoms with Crippen molar-refractivity contribution in [2.75, 3.05) is 44.2 Å². The van der Waals surface area contributed by atoms with Crippen LogP contribution in [0.1, 0.15) is 104 Å². The van der Waals surface area contributed by atoms with Gasteiger partial charge >= 0.3 is 12.1 Å². The van der Waals surface area contributed by atoms with E-state index >= 15 is 0 Å². The number of nitrogens with zero attached hydrogens (tertiary/aromatic N) is 5. The van der Waals surface area contributed by atoms with Gasteiger partial charge in [0.15, 0.2) is 0 Å². The van der Waals surface area contributed by atoms with Gasteiger partial charge in [-0.3, -0.25) is 0 Å². The number of carbonyl (C=O) groups excluding carboxylic acids is 1. The number of rotatable bonds is 7. The molecule has 3 saturated heterocycles. The van der Waals surface area contributed by atoms with E-state index in [4.69, 9.17) is 19.4 Å². The Kier molecular flexibility index (Phi) is 8.61. The largest absolute Gasteiger partial charge is 0.460 e. The summed E-state index contributed by atoms with van der Waals surface area (Å²) in [7, 11) is 0. The molecule has 1 amide bonds. The zero-order valence-electron chi connectivity index (χ0n) is 27.0. The number of likely N-dealkylation sites (tertiary alicyclic amines) is 2. The molecule has 0 bridgehead atoms. The van der Waals surface area contributed by atoms with Crippen LogP contribution >= 0.6 is 15.9 Å². The van der Waals surface area contributed by atoms with Crippen LogP contribution < -0.4 is 9.64 Å². The lowest BCUT2D eigenvalue weighted by atomic mass is 9.72. The molecule has 1 atom stereocenters. The van der Waals surface area contributed by atoms with Gasteiger partial charge < -0.3 is 24.2 Å². The van der Waals surface area contributed by atoms with E-state index in [-0.39, 0.29) is 17.6 Å². The predicted octanol–water partition coefficient (Wildman–Crippen LogP) is 7.31. The molecule has 4 heterocycles. The monoisotopic (exact) mass is 655 g/mol. The summed E-state index contributed by atoms with van der Waals surface area (Å²) in [6.07, 6.45) is 8.78. The van der Waals surface area contributed by atoms with Crippen LogP contribution in [0.5, 0.6) is 6.01 Å². The maximum absolute atomic E-state index is 12.6. The number of halogens is 1. The van der Waals surface area contributed by atoms with Crippen LogP contribution in [-0.4, -0.2) is 82.9 Å². The number of fused-ring (bicyclic) bond motifs is 1. The molecule has 1 unspecified atom stereocenters. The molecule has 1 saturated carbocycles. The highest BCUT2D eigenvalue weighted by molar-refractivity contribution is 9.10. The van der Waals surface area contributed by atoms with Crippen LogP contribution in [0.25, 0.3) is 10.9 Å². The van der Waals surface area contributed by atoms with Crippen LogP contribution in [-0.2, 0) is 11.2 Å². The Hall–Kier alpha value is -2.13. The zero-order chi connectivity index (χ0) is 30.5. The van der Waals surface area contributed by atoms with Crippen molar-refractivity contribution in [2.45, 2.75) is 117 Å². The van der Waals surface area contributed by atoms with Crippen molar-refractivity contribution in [3.8, 4) is 6.01 Å². The van der Waals surface area contributed by atoms with E-state index in [0.717, 1.165) is 101 Å². The number of aryl methyl sites for hydroxylation is 1. The van der Waals surface area contributed by atoms with E-state index in [1.807, 2.05) is 25.7 Å². The molecule has 6 rings (SSSR count). The molecule has 4 aliphatic rings. The fourth-order valence-corrected chi connectivity index (χ4v) is 8.14. The van der Waals surface area contributed by atoms with Crippen LogP contribution in [0.2, 0.25) is 0 Å². The van der Waals surface area contributed by atoms with Gasteiger partial charge in [0.05, 0.1) is 5.52 Å². The first-order valence-corrected chi connectivity index (χ1v) is 17.4. The Morgan fingerprint density at radius 1 is 1.07 bits per heavy atom. The average Bonchev–Trinajstić information content (AvgIpc) is 3.80. The van der Waals surface area contributed by atoms with Crippen molar-refractivity contribution in [3.63, 3.8) is 0 Å². The first kappa shape index (κ1) is 30.9. The Morgan fingerprint density at radius 2 is 1.74 bits per heavy atom. The summed E-state index contributed by atoms with van der Waals surface area (Å²) in [6.45, 7) is 18.1. The van der Waals surface area contributed by atoms with Gasteiger partial charge in [-0.1, -0.05) is 36.7 Å². The number of piperidine rings is 2. The number of aromatic nitrogens is 2. The number of carbonyl (C=O) groups is 1. The Morgan fingerprint density at radius 3 is 2.33 bits per heavy atom. The van der Waals surface area contributed by atoms with E-state index in [0.29, 0.717) is 11.9 Å². The third-order valence-electron chi connectivity index (χ3n) is 10.1. The molecule has 43 heavy (non-hydrogen) atoms. The Labute approximate surface area is 266 Å². The van der Waals surface area contributed by atoms with Gasteiger partial charge in [0, 0.05) is 60.6 Å². The summed E-state index contributed by atoms with van der Waals surface area (Å²) in [5.41, 5.74) is 3.30. The second-order valence-corrected chi connectivity index (χ2v) is 15.4. The van der Waals surface area contributed by atoms with Crippen molar-refractivity contribution in [1.29, 1.82) is 0 Å². The van der Waals surface area contributed by atoms with Gasteiger partial charge in [0.25, 0.3) is 0 Å². The van der Waals surface area contributed by atoms with Crippen LogP contribution in [0, 0.1) is 5.41 Å². The normalized spacial score (nSPS) is 22.1. The lowest BCUT2D eigenvalue weighted by Crippen LogP contribution is -2.62. The minimum Gasteiger partial charge on any atom is -0.460 e. The molecule has 4 fully saturated rings.